The number of carbonyl (C=O) groups excluding carboxylic acids is 1. The maximum atomic E-state index is 15.3. The fourth-order valence-electron chi connectivity index (χ4n) is 5.66. The zero-order chi connectivity index (χ0) is 32.5. The van der Waals surface area contributed by atoms with Crippen molar-refractivity contribution in [3.05, 3.63) is 54.2 Å². The van der Waals surface area contributed by atoms with Crippen molar-refractivity contribution in [1.29, 1.82) is 0 Å². The molecule has 14 heteroatoms. The molecule has 1 saturated heterocycles. The van der Waals surface area contributed by atoms with Gasteiger partial charge in [-0.25, -0.2) is 4.39 Å². The summed E-state index contributed by atoms with van der Waals surface area (Å²) in [4.78, 5) is 19.1. The second-order valence-corrected chi connectivity index (χ2v) is 12.5. The predicted molar refractivity (Wildman–Crippen MR) is 162 cm³/mol. The third kappa shape index (κ3) is 7.50. The van der Waals surface area contributed by atoms with Crippen molar-refractivity contribution in [3.8, 4) is 11.5 Å². The van der Waals surface area contributed by atoms with Gasteiger partial charge in [-0.2, -0.15) is 18.2 Å². The van der Waals surface area contributed by atoms with Gasteiger partial charge < -0.3 is 29.0 Å². The Balaban J connectivity index is 1.36. The van der Waals surface area contributed by atoms with E-state index in [4.69, 9.17) is 9.26 Å². The number of fused-ring (bicyclic) bond motifs is 1. The van der Waals surface area contributed by atoms with E-state index in [1.807, 2.05) is 32.3 Å². The van der Waals surface area contributed by atoms with Gasteiger partial charge in [-0.05, 0) is 58.4 Å². The molecule has 3 aromatic heterocycles. The van der Waals surface area contributed by atoms with Crippen molar-refractivity contribution >= 4 is 22.5 Å². The maximum absolute atomic E-state index is 15.3. The van der Waals surface area contributed by atoms with Crippen molar-refractivity contribution in [2.24, 2.45) is 0 Å². The average molecular weight is 634 g/mol. The van der Waals surface area contributed by atoms with E-state index in [0.717, 1.165) is 4.57 Å². The van der Waals surface area contributed by atoms with Gasteiger partial charge in [0, 0.05) is 49.2 Å². The lowest BCUT2D eigenvalue weighted by atomic mass is 9.96. The third-order valence-corrected chi connectivity index (χ3v) is 8.10. The highest BCUT2D eigenvalue weighted by molar-refractivity contribution is 5.96. The summed E-state index contributed by atoms with van der Waals surface area (Å²) < 4.78 is 69.9. The average Bonchev–Trinajstić information content (AvgIpc) is 3.71. The molecule has 1 aliphatic heterocycles. The van der Waals surface area contributed by atoms with Gasteiger partial charge in [0.15, 0.2) is 0 Å². The second kappa shape index (κ2) is 12.8. The van der Waals surface area contributed by atoms with Crippen LogP contribution in [0.5, 0.6) is 0 Å². The van der Waals surface area contributed by atoms with Crippen LogP contribution >= 0.6 is 0 Å². The quantitative estimate of drug-likeness (QED) is 0.213. The van der Waals surface area contributed by atoms with Gasteiger partial charge in [0.1, 0.15) is 12.7 Å². The minimum Gasteiger partial charge on any atom is -0.383 e. The van der Waals surface area contributed by atoms with Gasteiger partial charge in [-0.1, -0.05) is 11.2 Å². The Kier molecular flexibility index (Phi) is 9.26. The van der Waals surface area contributed by atoms with Crippen molar-refractivity contribution in [1.82, 2.24) is 29.5 Å². The number of hydrogen-bond acceptors (Lipinski definition) is 7. The summed E-state index contributed by atoms with van der Waals surface area (Å²) in [5.74, 6) is -0.412. The molecular formula is C31H39F4N7O3. The number of nitrogens with one attached hydrogen (secondary N) is 2. The molecule has 0 saturated carbocycles. The molecule has 1 fully saturated rings. The highest BCUT2D eigenvalue weighted by Crippen LogP contribution is 2.35. The van der Waals surface area contributed by atoms with Crippen LogP contribution in [-0.2, 0) is 17.8 Å². The summed E-state index contributed by atoms with van der Waals surface area (Å²) in [5, 5.41) is 10.4. The highest BCUT2D eigenvalue weighted by atomic mass is 19.4. The number of anilines is 1. The Morgan fingerprint density at radius 2 is 2.00 bits per heavy atom. The molecule has 0 radical (unpaired) electrons. The number of aromatic nitrogens is 4. The number of ether oxygens (including phenoxy) is 1. The van der Waals surface area contributed by atoms with Crippen molar-refractivity contribution in [2.75, 3.05) is 32.1 Å². The van der Waals surface area contributed by atoms with Crippen LogP contribution in [0.3, 0.4) is 0 Å². The topological polar surface area (TPSA) is 102 Å². The molecule has 244 valence electrons. The van der Waals surface area contributed by atoms with Crippen LogP contribution in [0.1, 0.15) is 56.4 Å². The minimum absolute atomic E-state index is 0.0265. The molecule has 5 rings (SSSR count). The van der Waals surface area contributed by atoms with Crippen molar-refractivity contribution in [2.45, 2.75) is 77.2 Å². The number of carbonyl (C=O) groups is 1. The SMILES string of the molecule is COCC(C)n1ccc(C(=O)NCc2nc(-c3cc4c(N[C@@H]5CCN(C(C)(C)C)C[C@@H]5F)cccc4n3CC(F)(F)F)no2)c1. The number of alkyl halides is 4. The van der Waals surface area contributed by atoms with E-state index in [1.165, 1.54) is 0 Å². The number of piperidine rings is 1. The lowest BCUT2D eigenvalue weighted by molar-refractivity contribution is -0.139. The van der Waals surface area contributed by atoms with E-state index in [1.54, 1.807) is 49.8 Å². The minimum atomic E-state index is -4.54. The summed E-state index contributed by atoms with van der Waals surface area (Å²) in [5.41, 5.74) is 1.15. The molecular weight excluding hydrogens is 594 g/mol. The standard InChI is InChI=1S/C31H39F4N7O3/c1-19(17-44-5)40-11-9-20(15-40)29(43)36-14-27-38-28(39-45-27)26-13-21-23(7-6-8-25(21)42(26)18-31(33,34)35)37-24-10-12-41(16-22(24)32)30(2,3)4/h6-9,11,13,15,19,22,24,37H,10,12,14,16-18H2,1-5H3,(H,36,43)/t19?,22-,24+/m0/s1. The van der Waals surface area contributed by atoms with E-state index in [9.17, 15) is 18.0 Å². The van der Waals surface area contributed by atoms with Gasteiger partial charge in [-0.15, -0.1) is 0 Å². The van der Waals surface area contributed by atoms with Crippen molar-refractivity contribution < 1.29 is 31.6 Å². The number of hydrogen-bond donors (Lipinski definition) is 2. The first kappa shape index (κ1) is 32.5. The molecule has 0 aliphatic carbocycles. The van der Waals surface area contributed by atoms with Crippen LogP contribution in [0.4, 0.5) is 23.2 Å². The molecule has 0 bridgehead atoms. The Morgan fingerprint density at radius 3 is 2.69 bits per heavy atom. The summed E-state index contributed by atoms with van der Waals surface area (Å²) in [7, 11) is 1.60. The van der Waals surface area contributed by atoms with Crippen LogP contribution < -0.4 is 10.6 Å². The third-order valence-electron chi connectivity index (χ3n) is 8.10. The van der Waals surface area contributed by atoms with Crippen LogP contribution in [0, 0.1) is 0 Å². The van der Waals surface area contributed by atoms with Gasteiger partial charge >= 0.3 is 6.18 Å². The van der Waals surface area contributed by atoms with Crippen LogP contribution in [0.2, 0.25) is 0 Å². The van der Waals surface area contributed by atoms with E-state index in [2.05, 4.69) is 25.7 Å². The number of halogens is 4. The summed E-state index contributed by atoms with van der Waals surface area (Å²) >= 11 is 0. The maximum Gasteiger partial charge on any atom is 0.406 e. The molecule has 3 atom stereocenters. The van der Waals surface area contributed by atoms with Gasteiger partial charge in [-0.3, -0.25) is 9.69 Å². The normalized spacial score (nSPS) is 18.8. The molecule has 45 heavy (non-hydrogen) atoms. The monoisotopic (exact) mass is 633 g/mol. The van der Waals surface area contributed by atoms with Crippen LogP contribution in [-0.4, -0.2) is 80.8 Å². The highest BCUT2D eigenvalue weighted by Gasteiger charge is 2.35. The number of benzene rings is 1. The Bertz CT molecular complexity index is 1620. The van der Waals surface area contributed by atoms with Gasteiger partial charge in [0.25, 0.3) is 5.91 Å². The van der Waals surface area contributed by atoms with Crippen molar-refractivity contribution in [3.63, 3.8) is 0 Å². The first-order valence-electron chi connectivity index (χ1n) is 14.9. The fourth-order valence-corrected chi connectivity index (χ4v) is 5.66. The van der Waals surface area contributed by atoms with E-state index in [-0.39, 0.29) is 48.0 Å². The number of methoxy groups -OCH3 is 1. The first-order chi connectivity index (χ1) is 21.2. The van der Waals surface area contributed by atoms with Gasteiger partial charge in [0.2, 0.25) is 11.7 Å². The molecule has 1 amide bonds. The summed E-state index contributed by atoms with van der Waals surface area (Å²) in [6.07, 6.45) is -1.69. The smallest absolute Gasteiger partial charge is 0.383 e. The summed E-state index contributed by atoms with van der Waals surface area (Å²) in [6, 6.07) is 7.70. The molecule has 4 heterocycles. The Hall–Kier alpha value is -3.91. The molecule has 1 aromatic carbocycles. The molecule has 1 aliphatic rings. The molecule has 10 nitrogen and oxygen atoms in total. The lowest BCUT2D eigenvalue weighted by Crippen LogP contribution is -2.54. The predicted octanol–water partition coefficient (Wildman–Crippen LogP) is 5.82. The number of nitrogens with zero attached hydrogens (tertiary/aromatic N) is 5. The number of amides is 1. The first-order valence-corrected chi connectivity index (χ1v) is 14.9. The van der Waals surface area contributed by atoms with Crippen LogP contribution in [0.25, 0.3) is 22.4 Å². The van der Waals surface area contributed by atoms with E-state index < -0.39 is 24.9 Å². The number of rotatable bonds is 10. The zero-order valence-corrected chi connectivity index (χ0v) is 26.0. The lowest BCUT2D eigenvalue weighted by Gasteiger charge is -2.42. The van der Waals surface area contributed by atoms with E-state index >= 15 is 4.39 Å². The molecule has 1 unspecified atom stereocenters. The molecule has 2 N–H and O–H groups in total. The summed E-state index contributed by atoms with van der Waals surface area (Å²) in [6.45, 7) is 8.11. The second-order valence-electron chi connectivity index (χ2n) is 12.5. The molecule has 4 aromatic rings. The van der Waals surface area contributed by atoms with E-state index in [0.29, 0.717) is 41.7 Å². The Labute approximate surface area is 258 Å². The van der Waals surface area contributed by atoms with Crippen LogP contribution in [0.15, 0.2) is 47.2 Å². The molecule has 0 spiro atoms. The van der Waals surface area contributed by atoms with Gasteiger partial charge in [0.05, 0.1) is 42.0 Å². The number of likely N-dealkylation sites (tertiary alicyclic amines) is 1. The largest absolute Gasteiger partial charge is 0.406 e. The Morgan fingerprint density at radius 1 is 1.22 bits per heavy atom. The zero-order valence-electron chi connectivity index (χ0n) is 26.0. The fraction of sp³-hybridized carbons (Fsp3) is 0.516.